The zero-order chi connectivity index (χ0) is 23.4. The molecule has 8 nitrogen and oxygen atoms in total. The third kappa shape index (κ3) is 3.70. The highest BCUT2D eigenvalue weighted by Crippen LogP contribution is 2.54. The second-order valence-corrected chi connectivity index (χ2v) is 9.11. The quantitative estimate of drug-likeness (QED) is 0.503. The number of aryl methyl sites for hydroxylation is 1. The van der Waals surface area contributed by atoms with Gasteiger partial charge in [0.15, 0.2) is 0 Å². The summed E-state index contributed by atoms with van der Waals surface area (Å²) in [7, 11) is 0. The molecule has 3 aromatic rings. The zero-order valence-corrected chi connectivity index (χ0v) is 19.0. The molecule has 3 amide bonds. The fourth-order valence-corrected chi connectivity index (χ4v) is 4.86. The second-order valence-electron chi connectivity index (χ2n) is 8.68. The predicted octanol–water partition coefficient (Wildman–Crippen LogP) is 4.77. The molecule has 1 fully saturated rings. The average molecular weight is 477 g/mol. The molecule has 1 saturated carbocycles. The number of nitrogens with one attached hydrogen (secondary N) is 3. The Morgan fingerprint density at radius 1 is 1.21 bits per heavy atom. The lowest BCUT2D eigenvalue weighted by Gasteiger charge is -2.19. The molecule has 3 aliphatic rings. The van der Waals surface area contributed by atoms with E-state index in [9.17, 15) is 9.59 Å². The first-order valence-electron chi connectivity index (χ1n) is 11.1. The maximum atomic E-state index is 12.5. The maximum Gasteiger partial charge on any atom is 0.319 e. The number of carbonyl (C=O) groups is 2. The van der Waals surface area contributed by atoms with Crippen LogP contribution in [-0.4, -0.2) is 29.1 Å². The molecule has 2 aliphatic heterocycles. The number of amides is 3. The molecule has 0 unspecified atom stereocenters. The van der Waals surface area contributed by atoms with E-state index in [0.717, 1.165) is 22.4 Å². The van der Waals surface area contributed by atoms with Crippen molar-refractivity contribution in [2.45, 2.75) is 37.8 Å². The summed E-state index contributed by atoms with van der Waals surface area (Å²) in [4.78, 5) is 28.4. The van der Waals surface area contributed by atoms with E-state index in [0.29, 0.717) is 40.9 Å². The number of benzene rings is 2. The molecule has 6 rings (SSSR count). The van der Waals surface area contributed by atoms with E-state index in [-0.39, 0.29) is 30.0 Å². The SMILES string of the molecule is Cc1cc(Cl)ccc1NC(=O)N[C@H]1[C@H]2Oc3ccc(Oc4ccnc5c4CCC(=O)N5)cc3[C@@H]12. The molecule has 2 aromatic carbocycles. The van der Waals surface area contributed by atoms with Gasteiger partial charge in [-0.2, -0.15) is 0 Å². The number of anilines is 2. The smallest absolute Gasteiger partial charge is 0.319 e. The minimum absolute atomic E-state index is 0.0413. The number of nitrogens with zero attached hydrogens (tertiary/aromatic N) is 1. The van der Waals surface area contributed by atoms with Crippen molar-refractivity contribution < 1.29 is 19.1 Å². The number of hydrogen-bond donors (Lipinski definition) is 3. The summed E-state index contributed by atoms with van der Waals surface area (Å²) in [6.45, 7) is 1.89. The monoisotopic (exact) mass is 476 g/mol. The van der Waals surface area contributed by atoms with Gasteiger partial charge in [-0.05, 0) is 61.4 Å². The number of carbonyl (C=O) groups excluding carboxylic acids is 2. The highest BCUT2D eigenvalue weighted by atomic mass is 35.5. The van der Waals surface area contributed by atoms with Gasteiger partial charge in [-0.25, -0.2) is 9.78 Å². The molecule has 1 aliphatic carbocycles. The van der Waals surface area contributed by atoms with Crippen LogP contribution in [0.1, 0.15) is 29.0 Å². The normalized spacial score (nSPS) is 21.4. The summed E-state index contributed by atoms with van der Waals surface area (Å²) in [5, 5.41) is 9.29. The lowest BCUT2D eigenvalue weighted by molar-refractivity contribution is -0.116. The van der Waals surface area contributed by atoms with Gasteiger partial charge in [-0.3, -0.25) is 4.79 Å². The Balaban J connectivity index is 1.15. The summed E-state index contributed by atoms with van der Waals surface area (Å²) in [6, 6.07) is 12.4. The average Bonchev–Trinajstić information content (AvgIpc) is 3.32. The van der Waals surface area contributed by atoms with Crippen molar-refractivity contribution in [2.24, 2.45) is 0 Å². The third-order valence-electron chi connectivity index (χ3n) is 6.39. The third-order valence-corrected chi connectivity index (χ3v) is 6.63. The maximum absolute atomic E-state index is 12.5. The molecule has 34 heavy (non-hydrogen) atoms. The standard InChI is InChI=1S/C25H21ClN4O4/c1-12-10-13(26)2-5-17(12)28-25(32)30-22-21-16-11-14(3-6-18(16)34-23(21)22)33-19-8-9-27-24-15(19)4-7-20(31)29-24/h2-3,5-6,8-11,21-23H,4,7H2,1H3,(H,27,29,31)(H2,28,30,32)/t21-,22+,23-/m0/s1. The minimum Gasteiger partial charge on any atom is -0.487 e. The van der Waals surface area contributed by atoms with E-state index in [1.165, 1.54) is 0 Å². The molecule has 0 spiro atoms. The molecular weight excluding hydrogens is 456 g/mol. The largest absolute Gasteiger partial charge is 0.487 e. The molecule has 0 bridgehead atoms. The van der Waals surface area contributed by atoms with Crippen molar-refractivity contribution in [3.05, 3.63) is 70.4 Å². The summed E-state index contributed by atoms with van der Waals surface area (Å²) in [5.41, 5.74) is 3.49. The van der Waals surface area contributed by atoms with E-state index < -0.39 is 0 Å². The number of rotatable bonds is 4. The van der Waals surface area contributed by atoms with Crippen molar-refractivity contribution in [1.82, 2.24) is 10.3 Å². The van der Waals surface area contributed by atoms with Gasteiger partial charge in [0.05, 0.1) is 12.0 Å². The van der Waals surface area contributed by atoms with Crippen molar-refractivity contribution in [3.63, 3.8) is 0 Å². The van der Waals surface area contributed by atoms with Crippen LogP contribution in [-0.2, 0) is 11.2 Å². The van der Waals surface area contributed by atoms with Crippen LogP contribution in [0.3, 0.4) is 0 Å². The van der Waals surface area contributed by atoms with Crippen LogP contribution in [0, 0.1) is 6.92 Å². The van der Waals surface area contributed by atoms with Crippen LogP contribution in [0.15, 0.2) is 48.7 Å². The Kier molecular flexibility index (Phi) is 4.84. The number of urea groups is 1. The summed E-state index contributed by atoms with van der Waals surface area (Å²) in [6.07, 6.45) is 2.51. The summed E-state index contributed by atoms with van der Waals surface area (Å²) in [5.74, 6) is 2.72. The van der Waals surface area contributed by atoms with Gasteiger partial charge in [-0.15, -0.1) is 0 Å². The van der Waals surface area contributed by atoms with Crippen molar-refractivity contribution in [1.29, 1.82) is 0 Å². The fraction of sp³-hybridized carbons (Fsp3) is 0.240. The molecular formula is C25H21ClN4O4. The van der Waals surface area contributed by atoms with Gasteiger partial charge < -0.3 is 25.4 Å². The number of aromatic nitrogens is 1. The topological polar surface area (TPSA) is 102 Å². The minimum atomic E-state index is -0.284. The first kappa shape index (κ1) is 20.8. The molecule has 9 heteroatoms. The number of fused-ring (bicyclic) bond motifs is 4. The molecule has 3 atom stereocenters. The Morgan fingerprint density at radius 2 is 2.09 bits per heavy atom. The molecule has 172 valence electrons. The van der Waals surface area contributed by atoms with E-state index in [1.807, 2.05) is 25.1 Å². The Morgan fingerprint density at radius 3 is 2.94 bits per heavy atom. The van der Waals surface area contributed by atoms with Crippen molar-refractivity contribution in [3.8, 4) is 17.2 Å². The Labute approximate surface area is 200 Å². The van der Waals surface area contributed by atoms with Crippen LogP contribution in [0.4, 0.5) is 16.3 Å². The number of halogens is 1. The van der Waals surface area contributed by atoms with E-state index in [2.05, 4.69) is 20.9 Å². The number of ether oxygens (including phenoxy) is 2. The lowest BCUT2D eigenvalue weighted by atomic mass is 10.1. The van der Waals surface area contributed by atoms with Crippen LogP contribution >= 0.6 is 11.6 Å². The fourth-order valence-electron chi connectivity index (χ4n) is 4.63. The van der Waals surface area contributed by atoms with Gasteiger partial charge in [0.2, 0.25) is 5.91 Å². The van der Waals surface area contributed by atoms with Crippen molar-refractivity contribution >= 4 is 35.0 Å². The Hall–Kier alpha value is -3.78. The molecule has 0 saturated heterocycles. The zero-order valence-electron chi connectivity index (χ0n) is 18.2. The van der Waals surface area contributed by atoms with Gasteiger partial charge in [0, 0.05) is 34.5 Å². The molecule has 1 aromatic heterocycles. The molecule has 3 N–H and O–H groups in total. The first-order valence-corrected chi connectivity index (χ1v) is 11.4. The van der Waals surface area contributed by atoms with Crippen LogP contribution in [0.2, 0.25) is 5.02 Å². The van der Waals surface area contributed by atoms with Crippen LogP contribution < -0.4 is 25.4 Å². The number of pyridine rings is 1. The van der Waals surface area contributed by atoms with Gasteiger partial charge in [0.1, 0.15) is 29.2 Å². The first-order chi connectivity index (χ1) is 16.5. The van der Waals surface area contributed by atoms with Gasteiger partial charge in [-0.1, -0.05) is 11.6 Å². The highest BCUT2D eigenvalue weighted by Gasteiger charge is 2.59. The predicted molar refractivity (Wildman–Crippen MR) is 127 cm³/mol. The van der Waals surface area contributed by atoms with Gasteiger partial charge >= 0.3 is 6.03 Å². The Bertz CT molecular complexity index is 1340. The van der Waals surface area contributed by atoms with Crippen molar-refractivity contribution in [2.75, 3.05) is 10.6 Å². The van der Waals surface area contributed by atoms with Crippen LogP contribution in [0.5, 0.6) is 17.2 Å². The summed E-state index contributed by atoms with van der Waals surface area (Å²) < 4.78 is 12.2. The summed E-state index contributed by atoms with van der Waals surface area (Å²) >= 11 is 5.99. The van der Waals surface area contributed by atoms with E-state index >= 15 is 0 Å². The lowest BCUT2D eigenvalue weighted by Crippen LogP contribution is -2.34. The highest BCUT2D eigenvalue weighted by molar-refractivity contribution is 6.30. The second kappa shape index (κ2) is 7.92. The van der Waals surface area contributed by atoms with E-state index in [1.54, 1.807) is 30.5 Å². The molecule has 3 heterocycles. The van der Waals surface area contributed by atoms with Gasteiger partial charge in [0.25, 0.3) is 0 Å². The molecule has 0 radical (unpaired) electrons. The number of hydrogen-bond acceptors (Lipinski definition) is 5. The van der Waals surface area contributed by atoms with Crippen LogP contribution in [0.25, 0.3) is 0 Å². The van der Waals surface area contributed by atoms with E-state index in [4.69, 9.17) is 21.1 Å².